The Morgan fingerprint density at radius 2 is 2.20 bits per heavy atom. The summed E-state index contributed by atoms with van der Waals surface area (Å²) in [4.78, 5) is 21.8. The van der Waals surface area contributed by atoms with Gasteiger partial charge in [0.1, 0.15) is 11.2 Å². The second kappa shape index (κ2) is 4.32. The van der Waals surface area contributed by atoms with Gasteiger partial charge in [0.15, 0.2) is 4.34 Å². The molecule has 2 rings (SSSR count). The van der Waals surface area contributed by atoms with Gasteiger partial charge in [-0.3, -0.25) is 15.1 Å². The van der Waals surface area contributed by atoms with E-state index < -0.39 is 4.92 Å². The molecule has 0 amide bonds. The van der Waals surface area contributed by atoms with E-state index >= 15 is 0 Å². The third kappa shape index (κ3) is 2.48. The molecule has 0 bridgehead atoms. The Labute approximate surface area is 92.6 Å². The highest BCUT2D eigenvalue weighted by molar-refractivity contribution is 8.01. The monoisotopic (exact) mass is 240 g/mol. The highest BCUT2D eigenvalue weighted by Crippen LogP contribution is 2.32. The summed E-state index contributed by atoms with van der Waals surface area (Å²) in [6.45, 7) is 0. The van der Waals surface area contributed by atoms with Gasteiger partial charge in [-0.25, -0.2) is 9.97 Å². The summed E-state index contributed by atoms with van der Waals surface area (Å²) >= 11 is 2.28. The zero-order chi connectivity index (χ0) is 10.7. The van der Waals surface area contributed by atoms with Crippen LogP contribution in [-0.4, -0.2) is 19.9 Å². The fourth-order valence-corrected chi connectivity index (χ4v) is 2.46. The molecule has 0 spiro atoms. The molecule has 2 aromatic heterocycles. The predicted molar refractivity (Wildman–Crippen MR) is 54.9 cm³/mol. The summed E-state index contributed by atoms with van der Waals surface area (Å²) in [5.41, 5.74) is 0. The SMILES string of the molecule is O=[N+]([O-])c1cnc(Sc2cnccn2)s1. The molecule has 6 nitrogen and oxygen atoms in total. The van der Waals surface area contributed by atoms with Crippen molar-refractivity contribution >= 4 is 28.1 Å². The summed E-state index contributed by atoms with van der Waals surface area (Å²) in [7, 11) is 0. The highest BCUT2D eigenvalue weighted by atomic mass is 32.2. The second-order valence-electron chi connectivity index (χ2n) is 2.37. The summed E-state index contributed by atoms with van der Waals surface area (Å²) in [6.07, 6.45) is 5.94. The van der Waals surface area contributed by atoms with E-state index in [1.54, 1.807) is 18.6 Å². The molecule has 0 unspecified atom stereocenters. The van der Waals surface area contributed by atoms with Crippen molar-refractivity contribution in [3.05, 3.63) is 34.9 Å². The van der Waals surface area contributed by atoms with Crippen LogP contribution in [0.5, 0.6) is 0 Å². The molecule has 8 heteroatoms. The first-order valence-corrected chi connectivity index (χ1v) is 5.43. The van der Waals surface area contributed by atoms with Crippen molar-refractivity contribution in [2.75, 3.05) is 0 Å². The third-order valence-electron chi connectivity index (χ3n) is 1.38. The number of aromatic nitrogens is 3. The van der Waals surface area contributed by atoms with Crippen LogP contribution in [0.2, 0.25) is 0 Å². The van der Waals surface area contributed by atoms with Crippen molar-refractivity contribution in [2.24, 2.45) is 0 Å². The number of hydrogen-bond donors (Lipinski definition) is 0. The molecular formula is C7H4N4O2S2. The minimum absolute atomic E-state index is 0.0291. The van der Waals surface area contributed by atoms with E-state index in [1.807, 2.05) is 0 Å². The topological polar surface area (TPSA) is 81.8 Å². The van der Waals surface area contributed by atoms with Crippen LogP contribution in [0.1, 0.15) is 0 Å². The lowest BCUT2D eigenvalue weighted by molar-refractivity contribution is -0.380. The van der Waals surface area contributed by atoms with Gasteiger partial charge < -0.3 is 0 Å². The normalized spacial score (nSPS) is 10.1. The van der Waals surface area contributed by atoms with Crippen LogP contribution in [0.25, 0.3) is 0 Å². The molecule has 0 aromatic carbocycles. The maximum absolute atomic E-state index is 10.4. The zero-order valence-corrected chi connectivity index (χ0v) is 8.86. The molecule has 76 valence electrons. The van der Waals surface area contributed by atoms with Gasteiger partial charge in [0, 0.05) is 12.4 Å². The quantitative estimate of drug-likeness (QED) is 0.602. The van der Waals surface area contributed by atoms with Crippen LogP contribution < -0.4 is 0 Å². The zero-order valence-electron chi connectivity index (χ0n) is 7.23. The van der Waals surface area contributed by atoms with Crippen LogP contribution in [0, 0.1) is 10.1 Å². The number of nitro groups is 1. The first kappa shape index (κ1) is 9.99. The van der Waals surface area contributed by atoms with Gasteiger partial charge in [0.25, 0.3) is 0 Å². The molecular weight excluding hydrogens is 236 g/mol. The molecule has 0 aliphatic rings. The summed E-state index contributed by atoms with van der Waals surface area (Å²) in [5.74, 6) is 0. The minimum atomic E-state index is -0.460. The van der Waals surface area contributed by atoms with Crippen molar-refractivity contribution in [3.8, 4) is 0 Å². The maximum atomic E-state index is 10.4. The second-order valence-corrected chi connectivity index (χ2v) is 4.64. The molecule has 0 saturated heterocycles. The lowest BCUT2D eigenvalue weighted by Crippen LogP contribution is -1.80. The van der Waals surface area contributed by atoms with E-state index in [9.17, 15) is 10.1 Å². The van der Waals surface area contributed by atoms with Crippen molar-refractivity contribution in [2.45, 2.75) is 9.37 Å². The van der Waals surface area contributed by atoms with Crippen LogP contribution in [0.4, 0.5) is 5.00 Å². The Morgan fingerprint density at radius 3 is 2.80 bits per heavy atom. The van der Waals surface area contributed by atoms with Gasteiger partial charge in [-0.2, -0.15) is 0 Å². The largest absolute Gasteiger partial charge is 0.344 e. The van der Waals surface area contributed by atoms with E-state index in [4.69, 9.17) is 0 Å². The van der Waals surface area contributed by atoms with Gasteiger partial charge in [-0.05, 0) is 23.1 Å². The van der Waals surface area contributed by atoms with Crippen LogP contribution in [0.15, 0.2) is 34.2 Å². The number of hydrogen-bond acceptors (Lipinski definition) is 7. The molecule has 2 heterocycles. The Hall–Kier alpha value is -1.54. The van der Waals surface area contributed by atoms with E-state index in [0.717, 1.165) is 11.3 Å². The minimum Gasteiger partial charge on any atom is -0.260 e. The summed E-state index contributed by atoms with van der Waals surface area (Å²) in [6, 6.07) is 0. The maximum Gasteiger partial charge on any atom is 0.344 e. The molecule has 0 N–H and O–H groups in total. The van der Waals surface area contributed by atoms with Crippen molar-refractivity contribution in [1.82, 2.24) is 15.0 Å². The fourth-order valence-electron chi connectivity index (χ4n) is 0.809. The van der Waals surface area contributed by atoms with E-state index in [0.29, 0.717) is 9.37 Å². The van der Waals surface area contributed by atoms with Crippen LogP contribution >= 0.6 is 23.1 Å². The van der Waals surface area contributed by atoms with Gasteiger partial charge in [-0.1, -0.05) is 0 Å². The molecule has 0 aliphatic heterocycles. The first-order valence-electron chi connectivity index (χ1n) is 3.80. The standard InChI is InChI=1S/C7H4N4O2S2/c12-11(13)6-4-10-7(15-6)14-5-3-8-1-2-9-5/h1-4H. The van der Waals surface area contributed by atoms with Gasteiger partial charge in [0.05, 0.1) is 11.1 Å². The lowest BCUT2D eigenvalue weighted by atomic mass is 10.8. The lowest BCUT2D eigenvalue weighted by Gasteiger charge is -1.92. The molecule has 2 aromatic rings. The highest BCUT2D eigenvalue weighted by Gasteiger charge is 2.12. The smallest absolute Gasteiger partial charge is 0.260 e. The van der Waals surface area contributed by atoms with E-state index in [1.165, 1.54) is 18.0 Å². The Morgan fingerprint density at radius 1 is 1.33 bits per heavy atom. The summed E-state index contributed by atoms with van der Waals surface area (Å²) < 4.78 is 0.585. The van der Waals surface area contributed by atoms with Crippen molar-refractivity contribution in [1.29, 1.82) is 0 Å². The van der Waals surface area contributed by atoms with Gasteiger partial charge >= 0.3 is 5.00 Å². The average Bonchev–Trinajstić information content (AvgIpc) is 2.68. The molecule has 0 aliphatic carbocycles. The summed E-state index contributed by atoms with van der Waals surface area (Å²) in [5, 5.41) is 11.1. The predicted octanol–water partition coefficient (Wildman–Crippen LogP) is 1.99. The van der Waals surface area contributed by atoms with Crippen molar-refractivity contribution < 1.29 is 4.92 Å². The number of rotatable bonds is 3. The van der Waals surface area contributed by atoms with Crippen LogP contribution in [0.3, 0.4) is 0 Å². The first-order chi connectivity index (χ1) is 7.25. The molecule has 0 fully saturated rings. The van der Waals surface area contributed by atoms with Crippen LogP contribution in [-0.2, 0) is 0 Å². The Kier molecular flexibility index (Phi) is 2.88. The van der Waals surface area contributed by atoms with Gasteiger partial charge in [0.2, 0.25) is 0 Å². The number of nitrogens with zero attached hydrogens (tertiary/aromatic N) is 4. The molecule has 0 atom stereocenters. The third-order valence-corrected chi connectivity index (χ3v) is 3.33. The van der Waals surface area contributed by atoms with E-state index in [-0.39, 0.29) is 5.00 Å². The molecule has 0 radical (unpaired) electrons. The molecule has 0 saturated carbocycles. The number of thiazole rings is 1. The molecule has 15 heavy (non-hydrogen) atoms. The Balaban J connectivity index is 2.15. The Bertz CT molecular complexity index is 473. The average molecular weight is 240 g/mol. The van der Waals surface area contributed by atoms with Gasteiger partial charge in [-0.15, -0.1) is 0 Å². The van der Waals surface area contributed by atoms with Crippen molar-refractivity contribution in [3.63, 3.8) is 0 Å². The van der Waals surface area contributed by atoms with E-state index in [2.05, 4.69) is 15.0 Å². The fraction of sp³-hybridized carbons (Fsp3) is 0.